The van der Waals surface area contributed by atoms with Crippen LogP contribution < -0.4 is 16.4 Å². The van der Waals surface area contributed by atoms with Gasteiger partial charge in [-0.15, -0.1) is 0 Å². The van der Waals surface area contributed by atoms with Crippen LogP contribution in [0.4, 0.5) is 16.3 Å². The van der Waals surface area contributed by atoms with Gasteiger partial charge in [0.2, 0.25) is 5.91 Å². The number of carbonyl (C=O) groups excluding carboxylic acids is 2. The van der Waals surface area contributed by atoms with Crippen LogP contribution in [0.1, 0.15) is 10.4 Å². The average molecular weight is 322 g/mol. The fourth-order valence-corrected chi connectivity index (χ4v) is 2.25. The van der Waals surface area contributed by atoms with E-state index in [0.29, 0.717) is 0 Å². The molecule has 7 heteroatoms. The van der Waals surface area contributed by atoms with Crippen molar-refractivity contribution >= 4 is 34.2 Å². The monoisotopic (exact) mass is 322 g/mol. The highest BCUT2D eigenvalue weighted by molar-refractivity contribution is 6.03. The summed E-state index contributed by atoms with van der Waals surface area (Å²) in [5.41, 5.74) is 5.67. The maximum absolute atomic E-state index is 12.1. The SMILES string of the molecule is NC(=O)c1ccnc(NC(=O)Nc2cc3ccccc3cc2O)c1. The number of carbonyl (C=O) groups is 2. The molecule has 1 heterocycles. The molecule has 0 atom stereocenters. The Balaban J connectivity index is 1.79. The number of urea groups is 1. The standard InChI is InChI=1S/C17H14N4O3/c18-16(23)12-5-6-19-15(9-12)21-17(24)20-13-7-10-3-1-2-4-11(10)8-14(13)22/h1-9,22H,(H2,18,23)(H2,19,20,21,24). The van der Waals surface area contributed by atoms with Gasteiger partial charge in [-0.25, -0.2) is 9.78 Å². The zero-order chi connectivity index (χ0) is 17.1. The van der Waals surface area contributed by atoms with Crippen LogP contribution in [-0.4, -0.2) is 22.0 Å². The zero-order valence-electron chi connectivity index (χ0n) is 12.5. The molecule has 3 rings (SSSR count). The molecule has 0 aliphatic rings. The van der Waals surface area contributed by atoms with Crippen LogP contribution in [0.5, 0.6) is 5.75 Å². The van der Waals surface area contributed by atoms with E-state index in [1.165, 1.54) is 18.3 Å². The van der Waals surface area contributed by atoms with E-state index in [-0.39, 0.29) is 22.8 Å². The second-order valence-electron chi connectivity index (χ2n) is 5.09. The third-order valence-electron chi connectivity index (χ3n) is 3.40. The van der Waals surface area contributed by atoms with Gasteiger partial charge in [0.15, 0.2) is 0 Å². The topological polar surface area (TPSA) is 117 Å². The van der Waals surface area contributed by atoms with Crippen molar-refractivity contribution in [1.29, 1.82) is 0 Å². The van der Waals surface area contributed by atoms with E-state index < -0.39 is 11.9 Å². The van der Waals surface area contributed by atoms with Crippen LogP contribution in [0, 0.1) is 0 Å². The van der Waals surface area contributed by atoms with Crippen molar-refractivity contribution in [1.82, 2.24) is 4.98 Å². The van der Waals surface area contributed by atoms with E-state index >= 15 is 0 Å². The second kappa shape index (κ2) is 6.25. The van der Waals surface area contributed by atoms with Crippen molar-refractivity contribution in [3.05, 3.63) is 60.3 Å². The third-order valence-corrected chi connectivity index (χ3v) is 3.40. The molecule has 120 valence electrons. The molecule has 0 aliphatic carbocycles. The summed E-state index contributed by atoms with van der Waals surface area (Å²) in [7, 11) is 0. The number of phenols is 1. The summed E-state index contributed by atoms with van der Waals surface area (Å²) in [6.07, 6.45) is 1.36. The first-order valence-corrected chi connectivity index (χ1v) is 7.08. The lowest BCUT2D eigenvalue weighted by atomic mass is 10.1. The van der Waals surface area contributed by atoms with Crippen LogP contribution in [0.3, 0.4) is 0 Å². The number of hydrogen-bond donors (Lipinski definition) is 4. The van der Waals surface area contributed by atoms with Crippen LogP contribution >= 0.6 is 0 Å². The van der Waals surface area contributed by atoms with Crippen molar-refractivity contribution in [2.24, 2.45) is 5.73 Å². The van der Waals surface area contributed by atoms with Crippen molar-refractivity contribution in [3.63, 3.8) is 0 Å². The van der Waals surface area contributed by atoms with Crippen molar-refractivity contribution < 1.29 is 14.7 Å². The molecule has 0 radical (unpaired) electrons. The lowest BCUT2D eigenvalue weighted by Crippen LogP contribution is -2.21. The number of hydrogen-bond acceptors (Lipinski definition) is 4. The molecule has 0 fully saturated rings. The number of fused-ring (bicyclic) bond motifs is 1. The molecule has 2 aromatic carbocycles. The number of nitrogens with zero attached hydrogens (tertiary/aromatic N) is 1. The fourth-order valence-electron chi connectivity index (χ4n) is 2.25. The maximum atomic E-state index is 12.1. The Bertz CT molecular complexity index is 940. The summed E-state index contributed by atoms with van der Waals surface area (Å²) >= 11 is 0. The van der Waals surface area contributed by atoms with E-state index in [2.05, 4.69) is 15.6 Å². The van der Waals surface area contributed by atoms with Crippen molar-refractivity contribution in [2.45, 2.75) is 0 Å². The molecule has 24 heavy (non-hydrogen) atoms. The quantitative estimate of drug-likeness (QED) is 0.554. The van der Waals surface area contributed by atoms with Crippen LogP contribution in [0.25, 0.3) is 10.8 Å². The molecule has 0 bridgehead atoms. The highest BCUT2D eigenvalue weighted by Crippen LogP contribution is 2.29. The Morgan fingerprint density at radius 1 is 1.00 bits per heavy atom. The first-order chi connectivity index (χ1) is 11.5. The minimum atomic E-state index is -0.618. The molecular formula is C17H14N4O3. The summed E-state index contributed by atoms with van der Waals surface area (Å²) in [5, 5.41) is 16.8. The largest absolute Gasteiger partial charge is 0.506 e. The Kier molecular flexibility index (Phi) is 3.98. The number of aromatic nitrogens is 1. The number of nitrogens with one attached hydrogen (secondary N) is 2. The first kappa shape index (κ1) is 15.3. The Hall–Kier alpha value is -3.61. The highest BCUT2D eigenvalue weighted by Gasteiger charge is 2.10. The zero-order valence-corrected chi connectivity index (χ0v) is 12.5. The number of benzene rings is 2. The van der Waals surface area contributed by atoms with Gasteiger partial charge < -0.3 is 16.2 Å². The van der Waals surface area contributed by atoms with Gasteiger partial charge in [0, 0.05) is 11.8 Å². The normalized spacial score (nSPS) is 10.3. The first-order valence-electron chi connectivity index (χ1n) is 7.08. The molecule has 0 aliphatic heterocycles. The number of amides is 3. The third kappa shape index (κ3) is 3.25. The number of aromatic hydroxyl groups is 1. The number of rotatable bonds is 3. The Morgan fingerprint density at radius 3 is 2.42 bits per heavy atom. The summed E-state index contributed by atoms with van der Waals surface area (Å²) in [6.45, 7) is 0. The van der Waals surface area contributed by atoms with E-state index in [9.17, 15) is 14.7 Å². The van der Waals surface area contributed by atoms with Crippen LogP contribution in [0.2, 0.25) is 0 Å². The van der Waals surface area contributed by atoms with E-state index in [1.807, 2.05) is 24.3 Å². The predicted octanol–water partition coefficient (Wildman–Crippen LogP) is 2.68. The molecular weight excluding hydrogens is 308 g/mol. The van der Waals surface area contributed by atoms with Gasteiger partial charge in [0.05, 0.1) is 5.69 Å². The number of primary amides is 1. The number of anilines is 2. The van der Waals surface area contributed by atoms with Gasteiger partial charge in [-0.05, 0) is 35.0 Å². The smallest absolute Gasteiger partial charge is 0.324 e. The number of nitrogens with two attached hydrogens (primary N) is 1. The van der Waals surface area contributed by atoms with Crippen molar-refractivity contribution in [2.75, 3.05) is 10.6 Å². The molecule has 5 N–H and O–H groups in total. The molecule has 3 amide bonds. The Labute approximate surface area is 137 Å². The molecule has 0 saturated carbocycles. The summed E-state index contributed by atoms with van der Waals surface area (Å²) in [5.74, 6) is -0.500. The summed E-state index contributed by atoms with van der Waals surface area (Å²) < 4.78 is 0. The molecule has 0 unspecified atom stereocenters. The van der Waals surface area contributed by atoms with E-state index in [0.717, 1.165) is 10.8 Å². The molecule has 7 nitrogen and oxygen atoms in total. The second-order valence-corrected chi connectivity index (χ2v) is 5.09. The average Bonchev–Trinajstić information content (AvgIpc) is 2.55. The number of pyridine rings is 1. The minimum Gasteiger partial charge on any atom is -0.506 e. The van der Waals surface area contributed by atoms with Gasteiger partial charge in [0.1, 0.15) is 11.6 Å². The summed E-state index contributed by atoms with van der Waals surface area (Å²) in [6, 6.07) is 12.9. The molecule has 0 spiro atoms. The molecule has 1 aromatic heterocycles. The summed E-state index contributed by atoms with van der Waals surface area (Å²) in [4.78, 5) is 27.1. The number of phenolic OH excluding ortho intramolecular Hbond substituents is 1. The van der Waals surface area contributed by atoms with Gasteiger partial charge in [-0.2, -0.15) is 0 Å². The van der Waals surface area contributed by atoms with Gasteiger partial charge in [-0.3, -0.25) is 10.1 Å². The highest BCUT2D eigenvalue weighted by atomic mass is 16.3. The van der Waals surface area contributed by atoms with Crippen molar-refractivity contribution in [3.8, 4) is 5.75 Å². The Morgan fingerprint density at radius 2 is 1.71 bits per heavy atom. The van der Waals surface area contributed by atoms with Gasteiger partial charge in [0.25, 0.3) is 0 Å². The lowest BCUT2D eigenvalue weighted by molar-refractivity contribution is 0.1000. The van der Waals surface area contributed by atoms with Gasteiger partial charge in [-0.1, -0.05) is 24.3 Å². The minimum absolute atomic E-state index is 0.0531. The lowest BCUT2D eigenvalue weighted by Gasteiger charge is -2.10. The fraction of sp³-hybridized carbons (Fsp3) is 0. The van der Waals surface area contributed by atoms with Crippen LogP contribution in [0.15, 0.2) is 54.7 Å². The molecule has 3 aromatic rings. The predicted molar refractivity (Wildman–Crippen MR) is 91.0 cm³/mol. The van der Waals surface area contributed by atoms with Crippen LogP contribution in [-0.2, 0) is 0 Å². The van der Waals surface area contributed by atoms with E-state index in [4.69, 9.17) is 5.73 Å². The molecule has 0 saturated heterocycles. The maximum Gasteiger partial charge on any atom is 0.324 e. The van der Waals surface area contributed by atoms with E-state index in [1.54, 1.807) is 12.1 Å². The van der Waals surface area contributed by atoms with Gasteiger partial charge >= 0.3 is 6.03 Å².